The third-order valence-corrected chi connectivity index (χ3v) is 5.17. The Bertz CT molecular complexity index is 637. The number of likely N-dealkylation sites (N-methyl/N-ethyl adjacent to an activating group) is 1. The highest BCUT2D eigenvalue weighted by molar-refractivity contribution is 7.89. The summed E-state index contributed by atoms with van der Waals surface area (Å²) in [6, 6.07) is 2.19. The van der Waals surface area contributed by atoms with E-state index in [0.29, 0.717) is 0 Å². The van der Waals surface area contributed by atoms with Crippen molar-refractivity contribution in [2.24, 2.45) is 10.9 Å². The largest absolute Gasteiger partial charge is 0.409 e. The lowest BCUT2D eigenvalue weighted by Crippen LogP contribution is -2.38. The Labute approximate surface area is 125 Å². The van der Waals surface area contributed by atoms with Crippen LogP contribution in [0.25, 0.3) is 0 Å². The van der Waals surface area contributed by atoms with Crippen molar-refractivity contribution in [3.63, 3.8) is 0 Å². The first-order chi connectivity index (χ1) is 9.25. The van der Waals surface area contributed by atoms with Gasteiger partial charge in [0.05, 0.1) is 16.6 Å². The molecule has 0 fully saturated rings. The summed E-state index contributed by atoms with van der Waals surface area (Å²) in [5.74, 6) is -1.32. The lowest BCUT2D eigenvalue weighted by Gasteiger charge is -2.20. The Hall–Kier alpha value is -1.09. The Morgan fingerprint density at radius 1 is 1.50 bits per heavy atom. The number of amidine groups is 1. The van der Waals surface area contributed by atoms with Gasteiger partial charge in [-0.15, -0.1) is 0 Å². The summed E-state index contributed by atoms with van der Waals surface area (Å²) < 4.78 is 39.1. The molecule has 1 aromatic carbocycles. The van der Waals surface area contributed by atoms with Gasteiger partial charge >= 0.3 is 0 Å². The molecule has 0 saturated carbocycles. The molecule has 0 aliphatic carbocycles. The summed E-state index contributed by atoms with van der Waals surface area (Å²) in [6.07, 6.45) is 0. The topological polar surface area (TPSA) is 96.0 Å². The Kier molecular flexibility index (Phi) is 5.58. The first kappa shape index (κ1) is 17.0. The van der Waals surface area contributed by atoms with Gasteiger partial charge in [0.15, 0.2) is 11.7 Å². The number of hydrogen-bond donors (Lipinski definition) is 2. The maximum absolute atomic E-state index is 13.6. The minimum absolute atomic E-state index is 0.0269. The molecule has 10 heteroatoms. The predicted molar refractivity (Wildman–Crippen MR) is 74.3 cm³/mol. The highest BCUT2D eigenvalue weighted by atomic mass is 35.5. The SMILES string of the molecule is CCN(C/C(N)=N/O)S(=O)(=O)c1ccc(Cl)c(F)c1Cl. The van der Waals surface area contributed by atoms with E-state index in [1.54, 1.807) is 6.92 Å². The van der Waals surface area contributed by atoms with Gasteiger partial charge in [-0.1, -0.05) is 35.3 Å². The summed E-state index contributed by atoms with van der Waals surface area (Å²) >= 11 is 11.2. The standard InChI is InChI=1S/C10H12Cl2FN3O3S/c1-2-16(5-8(14)15-17)20(18,19)7-4-3-6(11)10(13)9(7)12/h3-4,17H,2,5H2,1H3,(H2,14,15). The van der Waals surface area contributed by atoms with Crippen LogP contribution < -0.4 is 5.73 Å². The maximum Gasteiger partial charge on any atom is 0.245 e. The highest BCUT2D eigenvalue weighted by Gasteiger charge is 2.28. The minimum Gasteiger partial charge on any atom is -0.409 e. The fraction of sp³-hybridized carbons (Fsp3) is 0.300. The molecular weight excluding hydrogens is 332 g/mol. The van der Waals surface area contributed by atoms with E-state index in [1.165, 1.54) is 0 Å². The van der Waals surface area contributed by atoms with Gasteiger partial charge < -0.3 is 10.9 Å². The number of hydrogen-bond acceptors (Lipinski definition) is 4. The smallest absolute Gasteiger partial charge is 0.245 e. The lowest BCUT2D eigenvalue weighted by molar-refractivity contribution is 0.315. The van der Waals surface area contributed by atoms with E-state index < -0.39 is 25.8 Å². The highest BCUT2D eigenvalue weighted by Crippen LogP contribution is 2.31. The first-order valence-corrected chi connectivity index (χ1v) is 7.55. The van der Waals surface area contributed by atoms with Crippen molar-refractivity contribution < 1.29 is 18.0 Å². The second-order valence-corrected chi connectivity index (χ2v) is 6.39. The van der Waals surface area contributed by atoms with E-state index in [0.717, 1.165) is 16.4 Å². The van der Waals surface area contributed by atoms with Crippen LogP contribution in [0.4, 0.5) is 4.39 Å². The molecule has 0 aliphatic rings. The Morgan fingerprint density at radius 3 is 2.60 bits per heavy atom. The van der Waals surface area contributed by atoms with Crippen molar-refractivity contribution in [1.82, 2.24) is 4.31 Å². The molecule has 1 rings (SSSR count). The number of nitrogens with two attached hydrogens (primary N) is 1. The van der Waals surface area contributed by atoms with Gasteiger partial charge in [-0.05, 0) is 12.1 Å². The molecule has 0 radical (unpaired) electrons. The van der Waals surface area contributed by atoms with Crippen LogP contribution in [-0.2, 0) is 10.0 Å². The molecule has 0 saturated heterocycles. The monoisotopic (exact) mass is 343 g/mol. The van der Waals surface area contributed by atoms with E-state index in [9.17, 15) is 12.8 Å². The number of sulfonamides is 1. The quantitative estimate of drug-likeness (QED) is 0.280. The molecule has 0 atom stereocenters. The molecule has 1 aromatic rings. The van der Waals surface area contributed by atoms with Crippen LogP contribution in [-0.4, -0.2) is 36.9 Å². The van der Waals surface area contributed by atoms with Gasteiger partial charge in [0, 0.05) is 6.54 Å². The molecule has 112 valence electrons. The van der Waals surface area contributed by atoms with Crippen LogP contribution in [0.5, 0.6) is 0 Å². The molecule has 3 N–H and O–H groups in total. The number of nitrogens with zero attached hydrogens (tertiary/aromatic N) is 2. The lowest BCUT2D eigenvalue weighted by atomic mass is 10.3. The normalized spacial score (nSPS) is 12.9. The van der Waals surface area contributed by atoms with Gasteiger partial charge in [-0.2, -0.15) is 4.31 Å². The third kappa shape index (κ3) is 3.32. The van der Waals surface area contributed by atoms with Gasteiger partial charge in [0.25, 0.3) is 0 Å². The summed E-state index contributed by atoms with van der Waals surface area (Å²) in [5.41, 5.74) is 5.28. The maximum atomic E-state index is 13.6. The van der Waals surface area contributed by atoms with E-state index in [1.807, 2.05) is 0 Å². The molecule has 0 amide bonds. The van der Waals surface area contributed by atoms with E-state index in [-0.39, 0.29) is 23.9 Å². The summed E-state index contributed by atoms with van der Waals surface area (Å²) in [6.45, 7) is 1.22. The molecule has 0 aromatic heterocycles. The Morgan fingerprint density at radius 2 is 2.10 bits per heavy atom. The van der Waals surface area contributed by atoms with Crippen molar-refractivity contribution in [3.8, 4) is 0 Å². The molecule has 20 heavy (non-hydrogen) atoms. The molecule has 0 heterocycles. The fourth-order valence-electron chi connectivity index (χ4n) is 1.43. The van der Waals surface area contributed by atoms with Crippen molar-refractivity contribution in [2.45, 2.75) is 11.8 Å². The number of benzene rings is 1. The van der Waals surface area contributed by atoms with Crippen molar-refractivity contribution >= 4 is 39.1 Å². The third-order valence-electron chi connectivity index (χ3n) is 2.44. The Balaban J connectivity index is 3.32. The molecular formula is C10H12Cl2FN3O3S. The number of halogens is 3. The first-order valence-electron chi connectivity index (χ1n) is 5.35. The molecule has 0 bridgehead atoms. The zero-order chi connectivity index (χ0) is 15.5. The molecule has 0 aliphatic heterocycles. The van der Waals surface area contributed by atoms with Crippen molar-refractivity contribution in [2.75, 3.05) is 13.1 Å². The van der Waals surface area contributed by atoms with Gasteiger partial charge in [-0.25, -0.2) is 12.8 Å². The average Bonchev–Trinajstić information content (AvgIpc) is 2.41. The van der Waals surface area contributed by atoms with Crippen molar-refractivity contribution in [1.29, 1.82) is 0 Å². The van der Waals surface area contributed by atoms with Crippen molar-refractivity contribution in [3.05, 3.63) is 28.0 Å². The van der Waals surface area contributed by atoms with Crippen LogP contribution in [0.1, 0.15) is 6.92 Å². The van der Waals surface area contributed by atoms with E-state index >= 15 is 0 Å². The fourth-order valence-corrected chi connectivity index (χ4v) is 3.57. The predicted octanol–water partition coefficient (Wildman–Crippen LogP) is 1.89. The van der Waals surface area contributed by atoms with Crippen LogP contribution in [0.3, 0.4) is 0 Å². The van der Waals surface area contributed by atoms with Crippen LogP contribution in [0.15, 0.2) is 22.2 Å². The summed E-state index contributed by atoms with van der Waals surface area (Å²) in [4.78, 5) is -0.436. The van der Waals surface area contributed by atoms with E-state index in [2.05, 4.69) is 5.16 Å². The van der Waals surface area contributed by atoms with Crippen LogP contribution in [0.2, 0.25) is 10.0 Å². The van der Waals surface area contributed by atoms with E-state index in [4.69, 9.17) is 34.1 Å². The second kappa shape index (κ2) is 6.57. The van der Waals surface area contributed by atoms with Gasteiger partial charge in [0.2, 0.25) is 10.0 Å². The summed E-state index contributed by atoms with van der Waals surface area (Å²) in [7, 11) is -4.10. The second-order valence-electron chi connectivity index (χ2n) is 3.70. The molecule has 6 nitrogen and oxygen atoms in total. The number of rotatable bonds is 5. The average molecular weight is 344 g/mol. The van der Waals surface area contributed by atoms with Gasteiger partial charge in [0.1, 0.15) is 4.90 Å². The zero-order valence-electron chi connectivity index (χ0n) is 10.3. The van der Waals surface area contributed by atoms with Crippen LogP contribution >= 0.6 is 23.2 Å². The zero-order valence-corrected chi connectivity index (χ0v) is 12.7. The van der Waals surface area contributed by atoms with Crippen LogP contribution in [0, 0.1) is 5.82 Å². The van der Waals surface area contributed by atoms with Gasteiger partial charge in [-0.3, -0.25) is 0 Å². The minimum atomic E-state index is -4.10. The number of oxime groups is 1. The molecule has 0 spiro atoms. The summed E-state index contributed by atoms with van der Waals surface area (Å²) in [5, 5.41) is 10.3. The molecule has 0 unspecified atom stereocenters.